The van der Waals surface area contributed by atoms with E-state index in [4.69, 9.17) is 10.5 Å². The molecule has 0 radical (unpaired) electrons. The SMILES string of the molecule is Nc1n[s+]([O-])[nH]c1=NCCCOc1cccc2c(N3CCCCC3)nccc12.O. The Morgan fingerprint density at radius 3 is 2.79 bits per heavy atom. The Labute approximate surface area is 171 Å². The molecule has 10 heteroatoms. The molecule has 0 bridgehead atoms. The minimum absolute atomic E-state index is 0. The van der Waals surface area contributed by atoms with Crippen molar-refractivity contribution in [1.29, 1.82) is 0 Å². The standard InChI is InChI=1S/C19H24N6O2S.H2O/c20-17-18(24-28(26)23-17)21-9-5-13-27-16-7-4-6-15-14(16)8-10-22-19(15)25-11-2-1-3-12-25;/h4,6-8,10H,1-3,5,9,11-13H2,(H2,20,23)(H,21,24);1H2. The zero-order chi connectivity index (χ0) is 19.3. The molecule has 4 rings (SSSR count). The van der Waals surface area contributed by atoms with E-state index in [1.165, 1.54) is 19.3 Å². The molecule has 1 saturated heterocycles. The molecule has 29 heavy (non-hydrogen) atoms. The van der Waals surface area contributed by atoms with Crippen LogP contribution in [0.3, 0.4) is 0 Å². The van der Waals surface area contributed by atoms with E-state index in [2.05, 4.69) is 29.7 Å². The number of piperidine rings is 1. The van der Waals surface area contributed by atoms with Gasteiger partial charge >= 0.3 is 0 Å². The van der Waals surface area contributed by atoms with Crippen molar-refractivity contribution in [2.45, 2.75) is 25.7 Å². The summed E-state index contributed by atoms with van der Waals surface area (Å²) in [7, 11) is 0. The second-order valence-electron chi connectivity index (χ2n) is 6.79. The number of ether oxygens (including phenoxy) is 1. The molecule has 0 aliphatic carbocycles. The Hall–Kier alpha value is -2.69. The predicted molar refractivity (Wildman–Crippen MR) is 114 cm³/mol. The Bertz CT molecular complexity index is 1010. The van der Waals surface area contributed by atoms with Gasteiger partial charge in [0, 0.05) is 47.4 Å². The van der Waals surface area contributed by atoms with Gasteiger partial charge in [0.05, 0.1) is 6.61 Å². The molecule has 2 aromatic heterocycles. The number of benzene rings is 1. The van der Waals surface area contributed by atoms with Crippen LogP contribution in [0.4, 0.5) is 11.6 Å². The normalized spacial score (nSPS) is 15.4. The molecule has 3 heterocycles. The summed E-state index contributed by atoms with van der Waals surface area (Å²) in [6.07, 6.45) is 6.30. The number of rotatable bonds is 6. The van der Waals surface area contributed by atoms with Crippen molar-refractivity contribution in [2.24, 2.45) is 4.99 Å². The Morgan fingerprint density at radius 2 is 2.03 bits per heavy atom. The molecular formula is C19H26N6O3S. The fourth-order valence-corrected chi connectivity index (χ4v) is 4.13. The van der Waals surface area contributed by atoms with Crippen LogP contribution in [-0.2, 0) is 0 Å². The van der Waals surface area contributed by atoms with Crippen molar-refractivity contribution in [3.63, 3.8) is 0 Å². The van der Waals surface area contributed by atoms with Gasteiger partial charge in [0.1, 0.15) is 11.6 Å². The van der Waals surface area contributed by atoms with Crippen LogP contribution in [-0.4, -0.2) is 50.0 Å². The lowest BCUT2D eigenvalue weighted by Gasteiger charge is -2.28. The minimum Gasteiger partial charge on any atom is -0.548 e. The molecule has 1 aliphatic heterocycles. The van der Waals surface area contributed by atoms with Gasteiger partial charge in [0.25, 0.3) is 0 Å². The number of nitrogen functional groups attached to an aromatic ring is 1. The van der Waals surface area contributed by atoms with Gasteiger partial charge in [0.2, 0.25) is 11.3 Å². The maximum atomic E-state index is 11.2. The van der Waals surface area contributed by atoms with Crippen LogP contribution in [0.1, 0.15) is 25.7 Å². The van der Waals surface area contributed by atoms with Crippen molar-refractivity contribution in [1.82, 2.24) is 13.7 Å². The summed E-state index contributed by atoms with van der Waals surface area (Å²) in [5.41, 5.74) is 6.03. The summed E-state index contributed by atoms with van der Waals surface area (Å²) in [5, 5.41) is 2.21. The highest BCUT2D eigenvalue weighted by Crippen LogP contribution is 2.32. The first kappa shape index (κ1) is 21.0. The molecule has 1 aliphatic rings. The molecule has 3 aromatic rings. The van der Waals surface area contributed by atoms with E-state index in [1.54, 1.807) is 0 Å². The van der Waals surface area contributed by atoms with Gasteiger partial charge in [-0.2, -0.15) is 0 Å². The molecule has 1 aromatic carbocycles. The van der Waals surface area contributed by atoms with Crippen LogP contribution in [0.2, 0.25) is 0 Å². The molecule has 1 fully saturated rings. The number of fused-ring (bicyclic) bond motifs is 1. The third-order valence-electron chi connectivity index (χ3n) is 4.84. The summed E-state index contributed by atoms with van der Waals surface area (Å²) in [5.74, 6) is 2.09. The Morgan fingerprint density at radius 1 is 1.21 bits per heavy atom. The van der Waals surface area contributed by atoms with Gasteiger partial charge in [-0.15, -0.1) is 4.37 Å². The monoisotopic (exact) mass is 418 g/mol. The van der Waals surface area contributed by atoms with E-state index in [0.717, 1.165) is 35.4 Å². The summed E-state index contributed by atoms with van der Waals surface area (Å²) in [6, 6.07) is 8.12. The zero-order valence-electron chi connectivity index (χ0n) is 16.1. The highest BCUT2D eigenvalue weighted by Gasteiger charge is 2.16. The molecule has 5 N–H and O–H groups in total. The van der Waals surface area contributed by atoms with Gasteiger partial charge in [0.15, 0.2) is 11.1 Å². The topological polar surface area (TPSA) is 147 Å². The number of nitrogens with two attached hydrogens (primary N) is 1. The van der Waals surface area contributed by atoms with Gasteiger partial charge < -0.3 is 25.4 Å². The third kappa shape index (κ3) is 4.84. The fraction of sp³-hybridized carbons (Fsp3) is 0.421. The first-order chi connectivity index (χ1) is 13.7. The van der Waals surface area contributed by atoms with E-state index in [9.17, 15) is 4.55 Å². The maximum absolute atomic E-state index is 11.2. The number of pyridine rings is 1. The third-order valence-corrected chi connectivity index (χ3v) is 5.57. The number of nitrogens with zero attached hydrogens (tertiary/aromatic N) is 4. The van der Waals surface area contributed by atoms with Crippen LogP contribution in [0.5, 0.6) is 5.75 Å². The summed E-state index contributed by atoms with van der Waals surface area (Å²) < 4.78 is 23.5. The van der Waals surface area contributed by atoms with Crippen LogP contribution in [0, 0.1) is 0 Å². The van der Waals surface area contributed by atoms with Crippen molar-refractivity contribution in [3.05, 3.63) is 36.0 Å². The Balaban J connectivity index is 0.00000240. The highest BCUT2D eigenvalue weighted by molar-refractivity contribution is 7.13. The van der Waals surface area contributed by atoms with Gasteiger partial charge in [-0.3, -0.25) is 4.99 Å². The molecule has 9 nitrogen and oxygen atoms in total. The van der Waals surface area contributed by atoms with Crippen molar-refractivity contribution < 1.29 is 14.8 Å². The van der Waals surface area contributed by atoms with E-state index in [1.807, 2.05) is 24.4 Å². The Kier molecular flexibility index (Phi) is 7.02. The van der Waals surface area contributed by atoms with Gasteiger partial charge in [-0.05, 0) is 31.4 Å². The molecular weight excluding hydrogens is 392 g/mol. The van der Waals surface area contributed by atoms with Crippen LogP contribution in [0.15, 0.2) is 35.5 Å². The predicted octanol–water partition coefficient (Wildman–Crippen LogP) is 1.80. The van der Waals surface area contributed by atoms with E-state index in [-0.39, 0.29) is 11.3 Å². The highest BCUT2D eigenvalue weighted by atomic mass is 32.2. The van der Waals surface area contributed by atoms with E-state index in [0.29, 0.717) is 25.1 Å². The molecule has 156 valence electrons. The van der Waals surface area contributed by atoms with Gasteiger partial charge in [-0.25, -0.2) is 4.98 Å². The second-order valence-corrected chi connectivity index (χ2v) is 7.68. The largest absolute Gasteiger partial charge is 0.548 e. The van der Waals surface area contributed by atoms with Crippen LogP contribution >= 0.6 is 11.1 Å². The number of aromatic nitrogens is 3. The van der Waals surface area contributed by atoms with Crippen molar-refractivity contribution in [2.75, 3.05) is 36.9 Å². The van der Waals surface area contributed by atoms with Crippen molar-refractivity contribution >= 4 is 33.6 Å². The summed E-state index contributed by atoms with van der Waals surface area (Å²) in [4.78, 5) is 11.3. The average molecular weight is 419 g/mol. The van der Waals surface area contributed by atoms with Crippen LogP contribution < -0.4 is 20.9 Å². The van der Waals surface area contributed by atoms with Gasteiger partial charge in [-0.1, -0.05) is 12.1 Å². The summed E-state index contributed by atoms with van der Waals surface area (Å²) in [6.45, 7) is 3.16. The number of hydrogen-bond acceptors (Lipinski definition) is 7. The number of aromatic amines is 1. The fourth-order valence-electron chi connectivity index (χ4n) is 3.49. The number of hydrogen-bond donors (Lipinski definition) is 2. The first-order valence-corrected chi connectivity index (χ1v) is 10.7. The van der Waals surface area contributed by atoms with E-state index >= 15 is 0 Å². The second kappa shape index (κ2) is 9.68. The lowest BCUT2D eigenvalue weighted by atomic mass is 10.1. The quantitative estimate of drug-likeness (QED) is 0.461. The minimum atomic E-state index is -1.50. The number of H-pyrrole nitrogens is 1. The number of anilines is 2. The smallest absolute Gasteiger partial charge is 0.229 e. The van der Waals surface area contributed by atoms with Crippen molar-refractivity contribution in [3.8, 4) is 5.75 Å². The molecule has 0 amide bonds. The van der Waals surface area contributed by atoms with Crippen LogP contribution in [0.25, 0.3) is 10.8 Å². The van der Waals surface area contributed by atoms with E-state index < -0.39 is 11.1 Å². The molecule has 1 atom stereocenters. The maximum Gasteiger partial charge on any atom is 0.229 e. The average Bonchev–Trinajstić information content (AvgIpc) is 3.05. The molecule has 0 spiro atoms. The first-order valence-electron chi connectivity index (χ1n) is 9.55. The lowest BCUT2D eigenvalue weighted by Crippen LogP contribution is -2.30. The number of nitrogens with one attached hydrogen (secondary N) is 1. The molecule has 0 saturated carbocycles. The lowest BCUT2D eigenvalue weighted by molar-refractivity contribution is 0.317. The zero-order valence-corrected chi connectivity index (χ0v) is 17.0. The summed E-state index contributed by atoms with van der Waals surface area (Å²) >= 11 is -1.50. The molecule has 1 unspecified atom stereocenters.